The van der Waals surface area contributed by atoms with Gasteiger partial charge in [-0.25, -0.2) is 4.79 Å². The zero-order chi connectivity index (χ0) is 18.2. The fraction of sp³-hybridized carbons (Fsp3) is 0.737. The van der Waals surface area contributed by atoms with Gasteiger partial charge in [-0.05, 0) is 12.8 Å². The Morgan fingerprint density at radius 1 is 1.27 bits per heavy atom. The third kappa shape index (κ3) is 4.92. The summed E-state index contributed by atoms with van der Waals surface area (Å²) in [6, 6.07) is -0.00732. The van der Waals surface area contributed by atoms with Gasteiger partial charge in [-0.3, -0.25) is 14.9 Å². The Kier molecular flexibility index (Phi) is 6.80. The molecule has 3 rings (SSSR count). The molecule has 1 aliphatic heterocycles. The second-order valence-corrected chi connectivity index (χ2v) is 7.41. The van der Waals surface area contributed by atoms with Gasteiger partial charge in [0.15, 0.2) is 0 Å². The molecule has 1 aromatic rings. The Balaban J connectivity index is 1.51. The van der Waals surface area contributed by atoms with Crippen molar-refractivity contribution in [2.45, 2.75) is 44.1 Å². The van der Waals surface area contributed by atoms with Crippen LogP contribution >= 0.6 is 0 Å². The number of aromatic nitrogens is 2. The molecular formula is C19H31N5O2. The highest BCUT2D eigenvalue weighted by molar-refractivity contribution is 5.73. The van der Waals surface area contributed by atoms with Crippen LogP contribution in [0.1, 0.15) is 37.8 Å². The molecule has 7 heteroatoms. The number of likely N-dealkylation sites (N-methyl/N-ethyl adjacent to an activating group) is 1. The highest BCUT2D eigenvalue weighted by Crippen LogP contribution is 2.33. The molecule has 0 atom stereocenters. The summed E-state index contributed by atoms with van der Waals surface area (Å²) < 4.78 is 5.53. The minimum absolute atomic E-state index is 0.00732. The lowest BCUT2D eigenvalue weighted by Crippen LogP contribution is -2.60. The lowest BCUT2D eigenvalue weighted by atomic mass is 9.80. The number of hydrogen-bond donors (Lipinski definition) is 1. The predicted molar refractivity (Wildman–Crippen MR) is 100.0 cm³/mol. The number of carbonyl (C=O) groups excluding carboxylic acids is 1. The average Bonchev–Trinajstić information content (AvgIpc) is 2.72. The minimum Gasteiger partial charge on any atom is -0.379 e. The van der Waals surface area contributed by atoms with E-state index < -0.39 is 0 Å². The molecule has 1 saturated carbocycles. The largest absolute Gasteiger partial charge is 0.379 e. The number of nitrogens with zero attached hydrogens (tertiary/aromatic N) is 4. The fourth-order valence-electron chi connectivity index (χ4n) is 4.07. The van der Waals surface area contributed by atoms with Gasteiger partial charge in [0, 0.05) is 63.8 Å². The Labute approximate surface area is 156 Å². The van der Waals surface area contributed by atoms with Crippen LogP contribution in [0.25, 0.3) is 0 Å². The molecule has 2 fully saturated rings. The van der Waals surface area contributed by atoms with Crippen LogP contribution in [0.3, 0.4) is 0 Å². The lowest BCUT2D eigenvalue weighted by molar-refractivity contribution is -0.0359. The highest BCUT2D eigenvalue weighted by Gasteiger charge is 2.38. The van der Waals surface area contributed by atoms with E-state index in [2.05, 4.69) is 20.2 Å². The van der Waals surface area contributed by atoms with Gasteiger partial charge in [0.2, 0.25) is 0 Å². The number of morpholine rings is 1. The van der Waals surface area contributed by atoms with Gasteiger partial charge in [-0.1, -0.05) is 19.3 Å². The van der Waals surface area contributed by atoms with Crippen molar-refractivity contribution in [1.82, 2.24) is 25.1 Å². The van der Waals surface area contributed by atoms with Crippen LogP contribution in [0.2, 0.25) is 0 Å². The SMILES string of the molecule is CN(CCc1cnccn1)C(=O)NCC1(N2CCOCC2)CCCCC1. The van der Waals surface area contributed by atoms with Gasteiger partial charge in [0.1, 0.15) is 0 Å². The summed E-state index contributed by atoms with van der Waals surface area (Å²) >= 11 is 0. The van der Waals surface area contributed by atoms with E-state index in [0.29, 0.717) is 13.0 Å². The van der Waals surface area contributed by atoms with Crippen molar-refractivity contribution in [3.63, 3.8) is 0 Å². The Morgan fingerprint density at radius 2 is 2.04 bits per heavy atom. The van der Waals surface area contributed by atoms with Crippen molar-refractivity contribution in [3.05, 3.63) is 24.3 Å². The monoisotopic (exact) mass is 361 g/mol. The third-order valence-electron chi connectivity index (χ3n) is 5.70. The summed E-state index contributed by atoms with van der Waals surface area (Å²) in [4.78, 5) is 25.2. The molecule has 2 aliphatic rings. The van der Waals surface area contributed by atoms with Gasteiger partial charge in [-0.2, -0.15) is 0 Å². The van der Waals surface area contributed by atoms with Crippen molar-refractivity contribution >= 4 is 6.03 Å². The summed E-state index contributed by atoms with van der Waals surface area (Å²) in [7, 11) is 1.84. The summed E-state index contributed by atoms with van der Waals surface area (Å²) in [6.07, 6.45) is 11.9. The van der Waals surface area contributed by atoms with E-state index in [1.165, 1.54) is 19.3 Å². The zero-order valence-corrected chi connectivity index (χ0v) is 15.8. The number of amides is 2. The first-order valence-corrected chi connectivity index (χ1v) is 9.76. The van der Waals surface area contributed by atoms with Crippen molar-refractivity contribution in [3.8, 4) is 0 Å². The number of ether oxygens (including phenoxy) is 1. The second kappa shape index (κ2) is 9.28. The van der Waals surface area contributed by atoms with Crippen LogP contribution in [0.5, 0.6) is 0 Å². The molecule has 1 aliphatic carbocycles. The molecule has 1 saturated heterocycles. The first-order chi connectivity index (χ1) is 12.7. The lowest BCUT2D eigenvalue weighted by Gasteiger charge is -2.48. The highest BCUT2D eigenvalue weighted by atomic mass is 16.5. The average molecular weight is 361 g/mol. The van der Waals surface area contributed by atoms with E-state index in [1.807, 2.05) is 7.05 Å². The molecule has 2 heterocycles. The maximum absolute atomic E-state index is 12.6. The van der Waals surface area contributed by atoms with Crippen molar-refractivity contribution in [2.75, 3.05) is 46.4 Å². The second-order valence-electron chi connectivity index (χ2n) is 7.41. The summed E-state index contributed by atoms with van der Waals surface area (Å²) in [5.41, 5.74) is 1.01. The topological polar surface area (TPSA) is 70.6 Å². The first-order valence-electron chi connectivity index (χ1n) is 9.76. The van der Waals surface area contributed by atoms with E-state index >= 15 is 0 Å². The van der Waals surface area contributed by atoms with Crippen LogP contribution in [0.15, 0.2) is 18.6 Å². The van der Waals surface area contributed by atoms with Crippen LogP contribution in [-0.2, 0) is 11.2 Å². The molecular weight excluding hydrogens is 330 g/mol. The normalized spacial score (nSPS) is 20.5. The van der Waals surface area contributed by atoms with Gasteiger partial charge < -0.3 is 15.0 Å². The minimum atomic E-state index is -0.00732. The fourth-order valence-corrected chi connectivity index (χ4v) is 4.07. The maximum atomic E-state index is 12.6. The van der Waals surface area contributed by atoms with Gasteiger partial charge in [0.05, 0.1) is 18.9 Å². The molecule has 144 valence electrons. The van der Waals surface area contributed by atoms with Crippen molar-refractivity contribution in [2.24, 2.45) is 0 Å². The zero-order valence-electron chi connectivity index (χ0n) is 15.8. The molecule has 0 bridgehead atoms. The van der Waals surface area contributed by atoms with Crippen LogP contribution in [0, 0.1) is 0 Å². The number of carbonyl (C=O) groups is 1. The summed E-state index contributed by atoms with van der Waals surface area (Å²) in [6.45, 7) is 4.90. The molecule has 1 aromatic heterocycles. The molecule has 0 radical (unpaired) electrons. The Hall–Kier alpha value is -1.73. The van der Waals surface area contributed by atoms with E-state index in [9.17, 15) is 4.79 Å². The quantitative estimate of drug-likeness (QED) is 0.835. The molecule has 0 spiro atoms. The first kappa shape index (κ1) is 19.0. The number of rotatable bonds is 6. The molecule has 0 aromatic carbocycles. The standard InChI is InChI=1S/C19H31N5O2/c1-23(10-5-17-15-20-8-9-21-17)18(25)22-16-19(6-3-2-4-7-19)24-11-13-26-14-12-24/h8-9,15H,2-7,10-14,16H2,1H3,(H,22,25). The van der Waals surface area contributed by atoms with Crippen LogP contribution < -0.4 is 5.32 Å². The number of urea groups is 1. The molecule has 0 unspecified atom stereocenters. The molecule has 2 amide bonds. The summed E-state index contributed by atoms with van der Waals surface area (Å²) in [5.74, 6) is 0. The van der Waals surface area contributed by atoms with E-state index in [4.69, 9.17) is 4.74 Å². The van der Waals surface area contributed by atoms with E-state index in [1.54, 1.807) is 23.5 Å². The molecule has 26 heavy (non-hydrogen) atoms. The molecule has 7 nitrogen and oxygen atoms in total. The predicted octanol–water partition coefficient (Wildman–Crippen LogP) is 1.70. The van der Waals surface area contributed by atoms with Crippen molar-refractivity contribution < 1.29 is 9.53 Å². The van der Waals surface area contributed by atoms with Gasteiger partial charge in [0.25, 0.3) is 0 Å². The van der Waals surface area contributed by atoms with E-state index in [-0.39, 0.29) is 11.6 Å². The summed E-state index contributed by atoms with van der Waals surface area (Å²) in [5, 5.41) is 3.20. The van der Waals surface area contributed by atoms with Gasteiger partial charge >= 0.3 is 6.03 Å². The van der Waals surface area contributed by atoms with E-state index in [0.717, 1.165) is 51.4 Å². The maximum Gasteiger partial charge on any atom is 0.317 e. The van der Waals surface area contributed by atoms with Crippen molar-refractivity contribution in [1.29, 1.82) is 0 Å². The molecule has 1 N–H and O–H groups in total. The Morgan fingerprint density at radius 3 is 2.73 bits per heavy atom. The number of nitrogens with one attached hydrogen (secondary N) is 1. The van der Waals surface area contributed by atoms with Crippen LogP contribution in [0.4, 0.5) is 4.79 Å². The number of hydrogen-bond acceptors (Lipinski definition) is 5. The Bertz CT molecular complexity index is 556. The third-order valence-corrected chi connectivity index (χ3v) is 5.70. The smallest absolute Gasteiger partial charge is 0.317 e. The van der Waals surface area contributed by atoms with Crippen LogP contribution in [-0.4, -0.2) is 77.8 Å². The van der Waals surface area contributed by atoms with Gasteiger partial charge in [-0.15, -0.1) is 0 Å².